The molecule has 4 rings (SSSR count). The number of aliphatic hydroxyl groups is 1. The van der Waals surface area contributed by atoms with Crippen molar-refractivity contribution in [2.45, 2.75) is 18.1 Å². The number of carbonyl (C=O) groups excluding carboxylic acids is 1. The maximum Gasteiger partial charge on any atom is 0.168 e. The van der Waals surface area contributed by atoms with Gasteiger partial charge in [-0.25, -0.2) is 9.97 Å². The number of carbonyl (C=O) groups is 1. The van der Waals surface area contributed by atoms with E-state index in [0.717, 1.165) is 17.4 Å². The van der Waals surface area contributed by atoms with E-state index in [9.17, 15) is 9.90 Å². The second kappa shape index (κ2) is 9.78. The van der Waals surface area contributed by atoms with Gasteiger partial charge in [0, 0.05) is 11.9 Å². The SMILES string of the molecule is O=Cc1cccc([C@@H]([C@H](Nc2ccccn2)c2ccccc2)[C@@H](O)c2ccccc2)n1. The van der Waals surface area contributed by atoms with E-state index in [1.165, 1.54) is 0 Å². The van der Waals surface area contributed by atoms with E-state index >= 15 is 0 Å². The van der Waals surface area contributed by atoms with Gasteiger partial charge < -0.3 is 10.4 Å². The molecule has 0 aliphatic heterocycles. The molecule has 5 nitrogen and oxygen atoms in total. The molecule has 2 aromatic heterocycles. The van der Waals surface area contributed by atoms with E-state index in [1.807, 2.05) is 84.9 Å². The molecular formula is C26H23N3O2. The number of anilines is 1. The van der Waals surface area contributed by atoms with E-state index < -0.39 is 12.0 Å². The summed E-state index contributed by atoms with van der Waals surface area (Å²) in [5.74, 6) is 0.208. The maximum atomic E-state index is 11.5. The summed E-state index contributed by atoms with van der Waals surface area (Å²) < 4.78 is 0. The zero-order valence-corrected chi connectivity index (χ0v) is 16.9. The van der Waals surface area contributed by atoms with Gasteiger partial charge in [-0.3, -0.25) is 4.79 Å². The Labute approximate surface area is 181 Å². The summed E-state index contributed by atoms with van der Waals surface area (Å²) in [6.07, 6.45) is 1.58. The number of benzene rings is 2. The molecule has 0 aliphatic rings. The molecule has 2 N–H and O–H groups in total. The summed E-state index contributed by atoms with van der Waals surface area (Å²) in [5.41, 5.74) is 2.70. The first-order valence-electron chi connectivity index (χ1n) is 10.1. The summed E-state index contributed by atoms with van der Waals surface area (Å²) in [4.78, 5) is 20.4. The Morgan fingerprint density at radius 1 is 0.774 bits per heavy atom. The number of rotatable bonds is 8. The minimum absolute atomic E-state index is 0.326. The molecule has 2 heterocycles. The molecule has 0 saturated heterocycles. The summed E-state index contributed by atoms with van der Waals surface area (Å²) in [7, 11) is 0. The van der Waals surface area contributed by atoms with Gasteiger partial charge >= 0.3 is 0 Å². The van der Waals surface area contributed by atoms with Gasteiger partial charge in [0.25, 0.3) is 0 Å². The quantitative estimate of drug-likeness (QED) is 0.402. The van der Waals surface area contributed by atoms with Gasteiger partial charge in [-0.15, -0.1) is 0 Å². The zero-order valence-electron chi connectivity index (χ0n) is 16.9. The first-order valence-corrected chi connectivity index (χ1v) is 10.1. The smallest absolute Gasteiger partial charge is 0.168 e. The number of hydrogen-bond donors (Lipinski definition) is 2. The Hall–Kier alpha value is -3.83. The van der Waals surface area contributed by atoms with Crippen molar-refractivity contribution in [1.82, 2.24) is 9.97 Å². The number of pyridine rings is 2. The van der Waals surface area contributed by atoms with Crippen molar-refractivity contribution in [3.05, 3.63) is 126 Å². The summed E-state index contributed by atoms with van der Waals surface area (Å²) in [6, 6.07) is 30.0. The first-order chi connectivity index (χ1) is 15.3. The largest absolute Gasteiger partial charge is 0.388 e. The van der Waals surface area contributed by atoms with Crippen LogP contribution in [0.1, 0.15) is 45.4 Å². The fourth-order valence-electron chi connectivity index (χ4n) is 3.74. The van der Waals surface area contributed by atoms with E-state index in [0.29, 0.717) is 17.2 Å². The molecule has 0 fully saturated rings. The van der Waals surface area contributed by atoms with Gasteiger partial charge in [-0.1, -0.05) is 72.8 Å². The Morgan fingerprint density at radius 2 is 1.45 bits per heavy atom. The predicted octanol–water partition coefficient (Wildman–Crippen LogP) is 4.96. The third kappa shape index (κ3) is 4.85. The van der Waals surface area contributed by atoms with Crippen molar-refractivity contribution < 1.29 is 9.90 Å². The van der Waals surface area contributed by atoms with Gasteiger partial charge in [0.15, 0.2) is 6.29 Å². The van der Waals surface area contributed by atoms with E-state index in [4.69, 9.17) is 0 Å². The van der Waals surface area contributed by atoms with Gasteiger partial charge in [-0.05, 0) is 35.4 Å². The van der Waals surface area contributed by atoms with Crippen LogP contribution in [0.4, 0.5) is 5.82 Å². The summed E-state index contributed by atoms with van der Waals surface area (Å²) in [6.45, 7) is 0. The highest BCUT2D eigenvalue weighted by molar-refractivity contribution is 5.71. The Bertz CT molecular complexity index is 1110. The number of aromatic nitrogens is 2. The van der Waals surface area contributed by atoms with Gasteiger partial charge in [0.1, 0.15) is 11.5 Å². The molecular weight excluding hydrogens is 386 g/mol. The van der Waals surface area contributed by atoms with Crippen molar-refractivity contribution in [1.29, 1.82) is 0 Å². The van der Waals surface area contributed by atoms with Crippen molar-refractivity contribution in [2.75, 3.05) is 5.32 Å². The van der Waals surface area contributed by atoms with Gasteiger partial charge in [-0.2, -0.15) is 0 Å². The number of aldehydes is 1. The van der Waals surface area contributed by atoms with E-state index in [2.05, 4.69) is 15.3 Å². The summed E-state index contributed by atoms with van der Waals surface area (Å²) in [5, 5.41) is 15.0. The van der Waals surface area contributed by atoms with Gasteiger partial charge in [0.05, 0.1) is 18.1 Å². The lowest BCUT2D eigenvalue weighted by Gasteiger charge is -2.32. The predicted molar refractivity (Wildman–Crippen MR) is 121 cm³/mol. The Kier molecular flexibility index (Phi) is 6.45. The van der Waals surface area contributed by atoms with Crippen LogP contribution < -0.4 is 5.32 Å². The van der Waals surface area contributed by atoms with Gasteiger partial charge in [0.2, 0.25) is 0 Å². The van der Waals surface area contributed by atoms with Crippen LogP contribution in [0, 0.1) is 0 Å². The average molecular weight is 409 g/mol. The standard InChI is InChI=1S/C26H23N3O2/c30-18-21-14-9-15-22(28-21)24(26(31)20-12-5-2-6-13-20)25(19-10-3-1-4-11-19)29-23-16-7-8-17-27-23/h1-18,24-26,31H,(H,27,29)/t24-,25+,26-/m0/s1. The zero-order chi connectivity index (χ0) is 21.5. The highest BCUT2D eigenvalue weighted by Gasteiger charge is 2.33. The third-order valence-electron chi connectivity index (χ3n) is 5.22. The molecule has 2 aromatic carbocycles. The molecule has 0 saturated carbocycles. The minimum Gasteiger partial charge on any atom is -0.388 e. The normalized spacial score (nSPS) is 13.7. The second-order valence-corrected chi connectivity index (χ2v) is 7.23. The average Bonchev–Trinajstić information content (AvgIpc) is 2.85. The minimum atomic E-state index is -0.864. The van der Waals surface area contributed by atoms with Crippen molar-refractivity contribution in [3.8, 4) is 0 Å². The number of hydrogen-bond acceptors (Lipinski definition) is 5. The molecule has 0 aliphatic carbocycles. The lowest BCUT2D eigenvalue weighted by molar-refractivity contribution is 0.111. The number of nitrogens with zero attached hydrogens (tertiary/aromatic N) is 2. The fraction of sp³-hybridized carbons (Fsp3) is 0.115. The fourth-order valence-corrected chi connectivity index (χ4v) is 3.74. The molecule has 154 valence electrons. The molecule has 5 heteroatoms. The van der Waals surface area contributed by atoms with Crippen LogP contribution in [0.15, 0.2) is 103 Å². The monoisotopic (exact) mass is 409 g/mol. The molecule has 3 atom stereocenters. The van der Waals surface area contributed by atoms with E-state index in [-0.39, 0.29) is 6.04 Å². The van der Waals surface area contributed by atoms with Crippen molar-refractivity contribution in [2.24, 2.45) is 0 Å². The summed E-state index contributed by atoms with van der Waals surface area (Å²) >= 11 is 0. The lowest BCUT2D eigenvalue weighted by Crippen LogP contribution is -2.26. The molecule has 0 spiro atoms. The molecule has 31 heavy (non-hydrogen) atoms. The first kappa shape index (κ1) is 20.4. The van der Waals surface area contributed by atoms with Crippen molar-refractivity contribution in [3.63, 3.8) is 0 Å². The lowest BCUT2D eigenvalue weighted by atomic mass is 9.82. The molecule has 0 amide bonds. The third-order valence-corrected chi connectivity index (χ3v) is 5.22. The number of nitrogens with one attached hydrogen (secondary N) is 1. The van der Waals surface area contributed by atoms with Crippen LogP contribution in [0.2, 0.25) is 0 Å². The second-order valence-electron chi connectivity index (χ2n) is 7.23. The topological polar surface area (TPSA) is 75.1 Å². The Balaban J connectivity index is 1.85. The van der Waals surface area contributed by atoms with Crippen LogP contribution in [0.5, 0.6) is 0 Å². The highest BCUT2D eigenvalue weighted by Crippen LogP contribution is 2.41. The van der Waals surface area contributed by atoms with Crippen LogP contribution in [-0.2, 0) is 0 Å². The van der Waals surface area contributed by atoms with Crippen LogP contribution in [-0.4, -0.2) is 21.4 Å². The highest BCUT2D eigenvalue weighted by atomic mass is 16.3. The van der Waals surface area contributed by atoms with Crippen LogP contribution in [0.3, 0.4) is 0 Å². The molecule has 0 unspecified atom stereocenters. The Morgan fingerprint density at radius 3 is 2.10 bits per heavy atom. The van der Waals surface area contributed by atoms with E-state index in [1.54, 1.807) is 18.3 Å². The molecule has 4 aromatic rings. The maximum absolute atomic E-state index is 11.5. The molecule has 0 radical (unpaired) electrons. The van der Waals surface area contributed by atoms with Crippen molar-refractivity contribution >= 4 is 12.1 Å². The van der Waals surface area contributed by atoms with Crippen LogP contribution in [0.25, 0.3) is 0 Å². The van der Waals surface area contributed by atoms with Crippen LogP contribution >= 0.6 is 0 Å². The molecule has 0 bridgehead atoms. The number of aliphatic hydroxyl groups excluding tert-OH is 1.